The summed E-state index contributed by atoms with van der Waals surface area (Å²) < 4.78 is 0. The molecular formula is C18H19NO2S. The first-order valence-corrected chi connectivity index (χ1v) is 7.91. The first kappa shape index (κ1) is 16.3. The van der Waals surface area contributed by atoms with Gasteiger partial charge in [0.2, 0.25) is 0 Å². The summed E-state index contributed by atoms with van der Waals surface area (Å²) in [5.41, 5.74) is 2.29. The minimum atomic E-state index is -0.973. The average molecular weight is 313 g/mol. The number of nitrogens with zero attached hydrogens (tertiary/aromatic N) is 1. The van der Waals surface area contributed by atoms with Gasteiger partial charge >= 0.3 is 5.97 Å². The van der Waals surface area contributed by atoms with Gasteiger partial charge in [0.05, 0.1) is 5.56 Å². The fourth-order valence-electron chi connectivity index (χ4n) is 2.48. The third-order valence-electron chi connectivity index (χ3n) is 3.70. The van der Waals surface area contributed by atoms with Gasteiger partial charge in [0.1, 0.15) is 10.9 Å². The molecule has 0 saturated carbocycles. The molecule has 114 valence electrons. The molecule has 0 fully saturated rings. The number of hydrogen-bond acceptors (Lipinski definition) is 3. The van der Waals surface area contributed by atoms with E-state index in [1.807, 2.05) is 30.4 Å². The zero-order chi connectivity index (χ0) is 16.5. The molecule has 0 saturated heterocycles. The van der Waals surface area contributed by atoms with Crippen LogP contribution in [0.25, 0.3) is 0 Å². The van der Waals surface area contributed by atoms with E-state index in [4.69, 9.17) is 0 Å². The molecule has 4 heteroatoms. The number of nitriles is 1. The van der Waals surface area contributed by atoms with Crippen LogP contribution >= 0.6 is 11.3 Å². The quantitative estimate of drug-likeness (QED) is 0.852. The predicted octanol–water partition coefficient (Wildman–Crippen LogP) is 4.81. The zero-order valence-corrected chi connectivity index (χ0v) is 14.0. The van der Waals surface area contributed by atoms with E-state index < -0.39 is 5.97 Å². The summed E-state index contributed by atoms with van der Waals surface area (Å²) in [7, 11) is 0. The molecule has 1 aliphatic rings. The first-order valence-electron chi connectivity index (χ1n) is 7.09. The Morgan fingerprint density at radius 1 is 1.36 bits per heavy atom. The van der Waals surface area contributed by atoms with E-state index in [-0.39, 0.29) is 16.2 Å². The lowest BCUT2D eigenvalue weighted by molar-refractivity contribution is 0.0701. The molecule has 1 aromatic heterocycles. The number of aromatic carboxylic acids is 1. The van der Waals surface area contributed by atoms with Crippen LogP contribution in [0.1, 0.15) is 52.4 Å². The Kier molecular flexibility index (Phi) is 4.39. The van der Waals surface area contributed by atoms with E-state index >= 15 is 0 Å². The van der Waals surface area contributed by atoms with Crippen LogP contribution in [0.4, 0.5) is 0 Å². The summed E-state index contributed by atoms with van der Waals surface area (Å²) >= 11 is 1.17. The molecule has 0 spiro atoms. The Bertz CT molecular complexity index is 736. The molecule has 1 heterocycles. The fraction of sp³-hybridized carbons (Fsp3) is 0.333. The number of rotatable bonds is 2. The molecule has 3 nitrogen and oxygen atoms in total. The van der Waals surface area contributed by atoms with Crippen molar-refractivity contribution < 1.29 is 9.90 Å². The second kappa shape index (κ2) is 5.94. The van der Waals surface area contributed by atoms with E-state index in [1.165, 1.54) is 16.9 Å². The maximum Gasteiger partial charge on any atom is 0.346 e. The molecule has 0 aromatic carbocycles. The smallest absolute Gasteiger partial charge is 0.346 e. The van der Waals surface area contributed by atoms with Crippen LogP contribution < -0.4 is 0 Å². The van der Waals surface area contributed by atoms with Crippen LogP contribution in [0, 0.1) is 23.7 Å². The van der Waals surface area contributed by atoms with Crippen molar-refractivity contribution in [3.63, 3.8) is 0 Å². The van der Waals surface area contributed by atoms with E-state index in [9.17, 15) is 15.2 Å². The van der Waals surface area contributed by atoms with Crippen molar-refractivity contribution in [3.8, 4) is 6.07 Å². The fourth-order valence-corrected chi connectivity index (χ4v) is 3.48. The Balaban J connectivity index is 2.52. The molecule has 0 aliphatic heterocycles. The van der Waals surface area contributed by atoms with Crippen LogP contribution in [-0.4, -0.2) is 11.1 Å². The zero-order valence-electron chi connectivity index (χ0n) is 13.2. The Morgan fingerprint density at radius 2 is 2.05 bits per heavy atom. The Hall–Kier alpha value is -2.12. The van der Waals surface area contributed by atoms with Crippen molar-refractivity contribution in [1.29, 1.82) is 5.26 Å². The Morgan fingerprint density at radius 3 is 2.59 bits per heavy atom. The van der Waals surface area contributed by atoms with Crippen molar-refractivity contribution in [1.82, 2.24) is 0 Å². The van der Waals surface area contributed by atoms with Gasteiger partial charge in [-0.1, -0.05) is 51.2 Å². The number of carboxylic acids is 1. The molecule has 1 atom stereocenters. The third-order valence-corrected chi connectivity index (χ3v) is 4.81. The summed E-state index contributed by atoms with van der Waals surface area (Å²) in [6.45, 7) is 8.20. The van der Waals surface area contributed by atoms with Gasteiger partial charge in [0.25, 0.3) is 0 Å². The van der Waals surface area contributed by atoms with Gasteiger partial charge < -0.3 is 5.11 Å². The number of carbonyl (C=O) groups is 1. The lowest BCUT2D eigenvalue weighted by atomic mass is 9.85. The van der Waals surface area contributed by atoms with Crippen LogP contribution in [0.5, 0.6) is 0 Å². The third kappa shape index (κ3) is 3.05. The van der Waals surface area contributed by atoms with Gasteiger partial charge in [-0.3, -0.25) is 0 Å². The van der Waals surface area contributed by atoms with Crippen molar-refractivity contribution in [3.05, 3.63) is 56.8 Å². The van der Waals surface area contributed by atoms with Crippen LogP contribution in [0.15, 0.2) is 36.0 Å². The van der Waals surface area contributed by atoms with E-state index in [2.05, 4.69) is 26.8 Å². The van der Waals surface area contributed by atoms with Gasteiger partial charge in [-0.2, -0.15) is 5.26 Å². The Labute approximate surface area is 134 Å². The van der Waals surface area contributed by atoms with E-state index in [0.717, 1.165) is 4.88 Å². The molecule has 1 aromatic rings. The van der Waals surface area contributed by atoms with Crippen LogP contribution in [0.3, 0.4) is 0 Å². The van der Waals surface area contributed by atoms with Gasteiger partial charge in [0.15, 0.2) is 0 Å². The highest BCUT2D eigenvalue weighted by Gasteiger charge is 2.25. The summed E-state index contributed by atoms with van der Waals surface area (Å²) in [5.74, 6) is -1.17. The van der Waals surface area contributed by atoms with E-state index in [1.54, 1.807) is 6.92 Å². The van der Waals surface area contributed by atoms with Crippen molar-refractivity contribution in [2.45, 2.75) is 33.6 Å². The van der Waals surface area contributed by atoms with Crippen molar-refractivity contribution >= 4 is 17.3 Å². The van der Waals surface area contributed by atoms with Crippen molar-refractivity contribution in [2.24, 2.45) is 5.41 Å². The highest BCUT2D eigenvalue weighted by molar-refractivity contribution is 7.14. The van der Waals surface area contributed by atoms with E-state index in [0.29, 0.717) is 11.1 Å². The minimum Gasteiger partial charge on any atom is -0.477 e. The largest absolute Gasteiger partial charge is 0.477 e. The minimum absolute atomic E-state index is 0.0218. The molecule has 0 amide bonds. The standard InChI is InChI=1S/C18H19NO2S/c1-11-14(10-19)15(16(22-11)17(20)21)12-6-5-7-13(9-8-12)18(2,3)4/h5-9,12H,1-4H3,(H,20,21). The van der Waals surface area contributed by atoms with Crippen LogP contribution in [-0.2, 0) is 0 Å². The van der Waals surface area contributed by atoms with Crippen LogP contribution in [0.2, 0.25) is 0 Å². The van der Waals surface area contributed by atoms with Crippen molar-refractivity contribution in [2.75, 3.05) is 0 Å². The highest BCUT2D eigenvalue weighted by Crippen LogP contribution is 2.37. The molecule has 1 N–H and O–H groups in total. The molecule has 1 aliphatic carbocycles. The van der Waals surface area contributed by atoms with Gasteiger partial charge in [-0.05, 0) is 17.9 Å². The SMILES string of the molecule is Cc1sc(C(=O)O)c(C2C=CC=C(C(C)(C)C)C=C2)c1C#N. The maximum atomic E-state index is 11.5. The molecule has 22 heavy (non-hydrogen) atoms. The number of hydrogen-bond donors (Lipinski definition) is 1. The van der Waals surface area contributed by atoms with Gasteiger partial charge in [-0.25, -0.2) is 4.79 Å². The number of thiophene rings is 1. The second-order valence-electron chi connectivity index (χ2n) is 6.33. The molecule has 0 bridgehead atoms. The maximum absolute atomic E-state index is 11.5. The summed E-state index contributed by atoms with van der Waals surface area (Å²) in [5, 5.41) is 18.8. The molecular weight excluding hydrogens is 294 g/mol. The highest BCUT2D eigenvalue weighted by atomic mass is 32.1. The summed E-state index contributed by atoms with van der Waals surface area (Å²) in [4.78, 5) is 12.5. The predicted molar refractivity (Wildman–Crippen MR) is 89.3 cm³/mol. The lowest BCUT2D eigenvalue weighted by Crippen LogP contribution is -2.07. The molecule has 2 rings (SSSR count). The molecule has 0 radical (unpaired) electrons. The van der Waals surface area contributed by atoms with Gasteiger partial charge in [-0.15, -0.1) is 11.3 Å². The number of carboxylic acid groups (broad SMARTS) is 1. The monoisotopic (exact) mass is 313 g/mol. The summed E-state index contributed by atoms with van der Waals surface area (Å²) in [6.07, 6.45) is 9.96. The van der Waals surface area contributed by atoms with Gasteiger partial charge in [0, 0.05) is 16.4 Å². The normalized spacial score (nSPS) is 17.8. The topological polar surface area (TPSA) is 61.1 Å². The average Bonchev–Trinajstić information content (AvgIpc) is 2.61. The molecule has 1 unspecified atom stereocenters. The number of aryl methyl sites for hydroxylation is 1. The first-order chi connectivity index (χ1) is 10.3. The number of allylic oxidation sites excluding steroid dienone is 6. The second-order valence-corrected chi connectivity index (χ2v) is 7.56. The summed E-state index contributed by atoms with van der Waals surface area (Å²) in [6, 6.07) is 2.16. The lowest BCUT2D eigenvalue weighted by Gasteiger charge is -2.19.